The van der Waals surface area contributed by atoms with Crippen molar-refractivity contribution in [2.24, 2.45) is 5.10 Å². The highest BCUT2D eigenvalue weighted by Gasteiger charge is 2.14. The average Bonchev–Trinajstić information content (AvgIpc) is 3.21. The Kier molecular flexibility index (Phi) is 9.37. The van der Waals surface area contributed by atoms with Gasteiger partial charge in [-0.05, 0) is 36.4 Å². The van der Waals surface area contributed by atoms with Crippen molar-refractivity contribution in [3.63, 3.8) is 0 Å². The number of anilines is 1. The van der Waals surface area contributed by atoms with E-state index in [0.29, 0.717) is 44.9 Å². The van der Waals surface area contributed by atoms with Crippen molar-refractivity contribution in [2.45, 2.75) is 18.2 Å². The number of ether oxygens (including phenoxy) is 1. The second kappa shape index (κ2) is 12.4. The maximum Gasteiger partial charge on any atom is 0.250 e. The van der Waals surface area contributed by atoms with E-state index in [0.717, 1.165) is 5.69 Å². The molecule has 178 valence electrons. The van der Waals surface area contributed by atoms with Gasteiger partial charge in [-0.1, -0.05) is 45.4 Å². The van der Waals surface area contributed by atoms with Crippen molar-refractivity contribution in [3.8, 4) is 11.5 Å². The summed E-state index contributed by atoms with van der Waals surface area (Å²) in [7, 11) is 1.45. The number of amides is 1. The Labute approximate surface area is 214 Å². The molecule has 1 heterocycles. The number of allylic oxidation sites excluding steroid dienone is 1. The van der Waals surface area contributed by atoms with Crippen molar-refractivity contribution in [2.75, 3.05) is 18.2 Å². The number of phenols is 1. The first kappa shape index (κ1) is 25.6. The van der Waals surface area contributed by atoms with Crippen LogP contribution in [0.2, 0.25) is 5.02 Å². The van der Waals surface area contributed by atoms with E-state index in [4.69, 9.17) is 16.3 Å². The quantitative estimate of drug-likeness (QED) is 0.136. The van der Waals surface area contributed by atoms with E-state index < -0.39 is 0 Å². The number of methoxy groups -OCH3 is 1. The van der Waals surface area contributed by atoms with Crippen LogP contribution in [0.4, 0.5) is 5.69 Å². The molecule has 1 amide bonds. The van der Waals surface area contributed by atoms with Crippen molar-refractivity contribution < 1.29 is 14.6 Å². The number of aromatic hydroxyl groups is 1. The number of hydrogen-bond donors (Lipinski definition) is 3. The third-order valence-corrected chi connectivity index (χ3v) is 6.09. The Morgan fingerprint density at radius 1 is 1.35 bits per heavy atom. The van der Waals surface area contributed by atoms with Crippen molar-refractivity contribution in [1.82, 2.24) is 20.2 Å². The van der Waals surface area contributed by atoms with Gasteiger partial charge < -0.3 is 19.7 Å². The Bertz CT molecular complexity index is 1190. The van der Waals surface area contributed by atoms with Crippen LogP contribution in [0.3, 0.4) is 0 Å². The molecule has 0 radical (unpaired) electrons. The van der Waals surface area contributed by atoms with Gasteiger partial charge in [-0.2, -0.15) is 5.10 Å². The number of hydrazone groups is 1. The predicted octanol–water partition coefficient (Wildman–Crippen LogP) is 4.45. The lowest BCUT2D eigenvalue weighted by Gasteiger charge is -2.09. The number of halogens is 2. The monoisotopic (exact) mass is 564 g/mol. The summed E-state index contributed by atoms with van der Waals surface area (Å²) >= 11 is 10.5. The van der Waals surface area contributed by atoms with Crippen LogP contribution in [-0.4, -0.2) is 44.9 Å². The molecular formula is C22H22BrClN6O3S. The van der Waals surface area contributed by atoms with Crippen LogP contribution in [0.15, 0.2) is 63.8 Å². The van der Waals surface area contributed by atoms with E-state index in [1.165, 1.54) is 25.1 Å². The molecule has 0 aliphatic rings. The summed E-state index contributed by atoms with van der Waals surface area (Å²) in [6, 6.07) is 10.6. The second-order valence-electron chi connectivity index (χ2n) is 6.79. The fourth-order valence-electron chi connectivity index (χ4n) is 2.80. The number of thioether (sulfide) groups is 1. The number of carbonyl (C=O) groups is 1. The van der Waals surface area contributed by atoms with Gasteiger partial charge in [-0.25, -0.2) is 5.43 Å². The number of nitrogens with one attached hydrogen (secondary N) is 2. The summed E-state index contributed by atoms with van der Waals surface area (Å²) in [6.45, 7) is 4.72. The molecule has 2 aromatic carbocycles. The number of benzene rings is 2. The average molecular weight is 566 g/mol. The summed E-state index contributed by atoms with van der Waals surface area (Å²) < 4.78 is 7.68. The third-order valence-electron chi connectivity index (χ3n) is 4.41. The van der Waals surface area contributed by atoms with Crippen LogP contribution in [0.5, 0.6) is 11.5 Å². The minimum Gasteiger partial charge on any atom is -0.504 e. The van der Waals surface area contributed by atoms with E-state index in [-0.39, 0.29) is 17.4 Å². The zero-order valence-corrected chi connectivity index (χ0v) is 21.3. The van der Waals surface area contributed by atoms with Crippen LogP contribution in [0.25, 0.3) is 0 Å². The molecule has 3 rings (SSSR count). The van der Waals surface area contributed by atoms with Crippen molar-refractivity contribution >= 4 is 57.1 Å². The molecule has 0 bridgehead atoms. The Morgan fingerprint density at radius 3 is 2.82 bits per heavy atom. The number of rotatable bonds is 11. The van der Waals surface area contributed by atoms with Gasteiger partial charge in [0.1, 0.15) is 0 Å². The molecule has 0 saturated heterocycles. The molecule has 0 saturated carbocycles. The van der Waals surface area contributed by atoms with E-state index >= 15 is 0 Å². The molecule has 0 aliphatic heterocycles. The summed E-state index contributed by atoms with van der Waals surface area (Å²) in [5.41, 5.74) is 3.73. The zero-order valence-electron chi connectivity index (χ0n) is 18.2. The number of nitrogens with zero attached hydrogens (tertiary/aromatic N) is 4. The topological polar surface area (TPSA) is 114 Å². The summed E-state index contributed by atoms with van der Waals surface area (Å²) in [4.78, 5) is 12.3. The number of aromatic nitrogens is 3. The normalized spacial score (nSPS) is 10.9. The molecule has 9 nitrogen and oxygen atoms in total. The molecule has 3 aromatic rings. The van der Waals surface area contributed by atoms with Gasteiger partial charge >= 0.3 is 0 Å². The lowest BCUT2D eigenvalue weighted by molar-refractivity contribution is -0.118. The van der Waals surface area contributed by atoms with Gasteiger partial charge in [0.25, 0.3) is 5.91 Å². The summed E-state index contributed by atoms with van der Waals surface area (Å²) in [5, 5.41) is 27.0. The maximum atomic E-state index is 12.3. The summed E-state index contributed by atoms with van der Waals surface area (Å²) in [6.07, 6.45) is 3.08. The summed E-state index contributed by atoms with van der Waals surface area (Å²) in [5.74, 6) is 0.660. The molecule has 12 heteroatoms. The first-order chi connectivity index (χ1) is 16.4. The number of carbonyl (C=O) groups excluding carboxylic acids is 1. The molecule has 34 heavy (non-hydrogen) atoms. The van der Waals surface area contributed by atoms with Gasteiger partial charge in [0.05, 0.1) is 25.6 Å². The molecule has 0 aliphatic carbocycles. The molecule has 0 fully saturated rings. The van der Waals surface area contributed by atoms with Gasteiger partial charge in [0.2, 0.25) is 0 Å². The SMILES string of the molecule is C=CCn1c(CNc2ccc(Cl)cc2)nnc1SCC(=O)N/N=C\c1cc(Br)cc(OC)c1O. The Balaban J connectivity index is 1.57. The lowest BCUT2D eigenvalue weighted by atomic mass is 10.2. The Hall–Kier alpha value is -3.02. The number of hydrogen-bond acceptors (Lipinski definition) is 8. The lowest BCUT2D eigenvalue weighted by Crippen LogP contribution is -2.20. The van der Waals surface area contributed by atoms with E-state index in [1.807, 2.05) is 16.7 Å². The van der Waals surface area contributed by atoms with Gasteiger partial charge in [-0.15, -0.1) is 16.8 Å². The van der Waals surface area contributed by atoms with Crippen LogP contribution < -0.4 is 15.5 Å². The zero-order chi connectivity index (χ0) is 24.5. The van der Waals surface area contributed by atoms with Crippen LogP contribution in [0, 0.1) is 0 Å². The van der Waals surface area contributed by atoms with Crippen molar-refractivity contribution in [1.29, 1.82) is 0 Å². The molecule has 3 N–H and O–H groups in total. The van der Waals surface area contributed by atoms with Gasteiger partial charge in [-0.3, -0.25) is 4.79 Å². The van der Waals surface area contributed by atoms with Crippen LogP contribution in [0.1, 0.15) is 11.4 Å². The minimum atomic E-state index is -0.336. The first-order valence-corrected chi connectivity index (χ1v) is 12.1. The molecular weight excluding hydrogens is 544 g/mol. The molecule has 0 spiro atoms. The minimum absolute atomic E-state index is 0.0738. The third kappa shape index (κ3) is 6.99. The van der Waals surface area contributed by atoms with Crippen LogP contribution >= 0.6 is 39.3 Å². The maximum absolute atomic E-state index is 12.3. The predicted molar refractivity (Wildman–Crippen MR) is 138 cm³/mol. The largest absolute Gasteiger partial charge is 0.504 e. The van der Waals surface area contributed by atoms with E-state index in [2.05, 4.69) is 48.6 Å². The molecule has 0 unspecified atom stereocenters. The second-order valence-corrected chi connectivity index (χ2v) is 9.08. The fraction of sp³-hybridized carbons (Fsp3) is 0.182. The molecule has 0 atom stereocenters. The van der Waals surface area contributed by atoms with E-state index in [9.17, 15) is 9.90 Å². The molecule has 1 aromatic heterocycles. The standard InChI is InChI=1S/C22H22BrClN6O3S/c1-3-8-30-19(12-25-17-6-4-16(24)5-7-17)27-29-22(30)34-13-20(31)28-26-11-14-9-15(23)10-18(33-2)21(14)32/h3-7,9-11,25,32H,1,8,12-13H2,2H3,(H,28,31)/b26-11-. The van der Waals surface area contributed by atoms with Gasteiger partial charge in [0, 0.05) is 27.3 Å². The van der Waals surface area contributed by atoms with Crippen LogP contribution in [-0.2, 0) is 17.9 Å². The first-order valence-electron chi connectivity index (χ1n) is 9.95. The number of phenolic OH excluding ortho intramolecular Hbond substituents is 1. The fourth-order valence-corrected chi connectivity index (χ4v) is 4.14. The Morgan fingerprint density at radius 2 is 2.12 bits per heavy atom. The van der Waals surface area contributed by atoms with E-state index in [1.54, 1.807) is 30.3 Å². The smallest absolute Gasteiger partial charge is 0.250 e. The highest BCUT2D eigenvalue weighted by molar-refractivity contribution is 9.10. The van der Waals surface area contributed by atoms with Gasteiger partial charge in [0.15, 0.2) is 22.5 Å². The highest BCUT2D eigenvalue weighted by atomic mass is 79.9. The van der Waals surface area contributed by atoms with Crippen molar-refractivity contribution in [3.05, 3.63) is 69.9 Å². The highest BCUT2D eigenvalue weighted by Crippen LogP contribution is 2.32.